The molecule has 0 atom stereocenters. The highest BCUT2D eigenvalue weighted by molar-refractivity contribution is 5.96. The average molecular weight is 601 g/mol. The molecule has 44 heavy (non-hydrogen) atoms. The summed E-state index contributed by atoms with van der Waals surface area (Å²) in [5, 5.41) is 21.5. The summed E-state index contributed by atoms with van der Waals surface area (Å²) < 4.78 is 41.0. The van der Waals surface area contributed by atoms with Gasteiger partial charge in [0.1, 0.15) is 23.0 Å². The molecule has 6 aromatic rings. The van der Waals surface area contributed by atoms with Crippen molar-refractivity contribution in [2.75, 3.05) is 20.0 Å². The number of nitrogens with two attached hydrogens (primary N) is 1. The van der Waals surface area contributed by atoms with Crippen molar-refractivity contribution in [1.29, 1.82) is 0 Å². The number of nitrogen functional groups attached to an aromatic ring is 1. The number of fused-ring (bicyclic) bond motifs is 2. The van der Waals surface area contributed by atoms with E-state index in [4.69, 9.17) is 15.2 Å². The van der Waals surface area contributed by atoms with E-state index in [0.717, 1.165) is 27.7 Å². The number of nitrogens with zero attached hydrogens (tertiary/aromatic N) is 5. The van der Waals surface area contributed by atoms with E-state index in [0.29, 0.717) is 33.5 Å². The molecule has 0 saturated heterocycles. The number of aryl methyl sites for hydroxylation is 2. The van der Waals surface area contributed by atoms with Gasteiger partial charge in [-0.1, -0.05) is 0 Å². The van der Waals surface area contributed by atoms with E-state index in [-0.39, 0.29) is 30.5 Å². The van der Waals surface area contributed by atoms with Crippen LogP contribution in [-0.4, -0.2) is 38.7 Å². The summed E-state index contributed by atoms with van der Waals surface area (Å²) in [5.74, 6) is -0.637. The van der Waals surface area contributed by atoms with Gasteiger partial charge in [0.15, 0.2) is 0 Å². The zero-order valence-corrected chi connectivity index (χ0v) is 24.5. The SMILES string of the molecule is COCc1cc(-c2nn(C)c3ccc(N)cc23)ccc1F.COCc1cc(-c2nn(C)c3ccc([N+](=O)[O-])cc23)ccc1F. The van der Waals surface area contributed by atoms with Crippen LogP contribution in [0.4, 0.5) is 20.2 Å². The van der Waals surface area contributed by atoms with Gasteiger partial charge < -0.3 is 15.2 Å². The lowest BCUT2D eigenvalue weighted by molar-refractivity contribution is -0.384. The number of hydrogen-bond donors (Lipinski definition) is 1. The minimum atomic E-state index is -0.447. The van der Waals surface area contributed by atoms with E-state index in [9.17, 15) is 18.9 Å². The van der Waals surface area contributed by atoms with Crippen molar-refractivity contribution in [3.05, 3.63) is 106 Å². The number of ether oxygens (including phenoxy) is 2. The number of anilines is 1. The standard InChI is InChI=1S/C16H14FN3O3.C16H16FN3O/c1-19-15-6-4-12(20(21)22)8-13(15)16(18-19)10-3-5-14(17)11(7-10)9-23-2;1-20-15-6-4-12(18)8-13(15)16(19-20)10-3-5-14(17)11(7-10)9-21-2/h3-8H,9H2,1-2H3;3-8H,9,18H2,1-2H3. The molecule has 0 saturated carbocycles. The maximum atomic E-state index is 13.8. The van der Waals surface area contributed by atoms with Gasteiger partial charge in [-0.15, -0.1) is 0 Å². The molecule has 2 heterocycles. The third kappa shape index (κ3) is 5.98. The van der Waals surface area contributed by atoms with Gasteiger partial charge in [0.25, 0.3) is 5.69 Å². The monoisotopic (exact) mass is 600 g/mol. The van der Waals surface area contributed by atoms with Crippen LogP contribution in [-0.2, 0) is 36.8 Å². The van der Waals surface area contributed by atoms with Crippen LogP contribution in [0.3, 0.4) is 0 Å². The number of methoxy groups -OCH3 is 2. The number of benzene rings is 4. The lowest BCUT2D eigenvalue weighted by Crippen LogP contribution is -1.94. The second-order valence-electron chi connectivity index (χ2n) is 10.2. The number of rotatable bonds is 7. The van der Waals surface area contributed by atoms with E-state index in [1.807, 2.05) is 25.2 Å². The van der Waals surface area contributed by atoms with Gasteiger partial charge in [-0.25, -0.2) is 8.78 Å². The summed E-state index contributed by atoms with van der Waals surface area (Å²) in [6.07, 6.45) is 0. The Hall–Kier alpha value is -5.20. The number of hydrogen-bond acceptors (Lipinski definition) is 7. The Morgan fingerprint density at radius 3 is 1.70 bits per heavy atom. The largest absolute Gasteiger partial charge is 0.399 e. The maximum Gasteiger partial charge on any atom is 0.270 e. The van der Waals surface area contributed by atoms with Gasteiger partial charge in [-0.05, 0) is 60.7 Å². The Morgan fingerprint density at radius 2 is 1.23 bits per heavy atom. The number of nitro benzene ring substituents is 1. The zero-order chi connectivity index (χ0) is 31.5. The Kier molecular flexibility index (Phi) is 8.65. The summed E-state index contributed by atoms with van der Waals surface area (Å²) in [6, 6.07) is 19.8. The average Bonchev–Trinajstić information content (AvgIpc) is 3.51. The highest BCUT2D eigenvalue weighted by Gasteiger charge is 2.17. The molecule has 0 aliphatic rings. The van der Waals surface area contributed by atoms with E-state index < -0.39 is 4.92 Å². The quantitative estimate of drug-likeness (QED) is 0.125. The second-order valence-corrected chi connectivity index (χ2v) is 10.2. The smallest absolute Gasteiger partial charge is 0.270 e. The third-order valence-electron chi connectivity index (χ3n) is 7.16. The fraction of sp³-hybridized carbons (Fsp3) is 0.188. The lowest BCUT2D eigenvalue weighted by Gasteiger charge is -2.05. The topological polar surface area (TPSA) is 123 Å². The van der Waals surface area contributed by atoms with Gasteiger partial charge in [0, 0.05) is 79.2 Å². The van der Waals surface area contributed by atoms with Crippen LogP contribution in [0.2, 0.25) is 0 Å². The van der Waals surface area contributed by atoms with Crippen LogP contribution >= 0.6 is 0 Å². The van der Waals surface area contributed by atoms with Crippen molar-refractivity contribution in [2.45, 2.75) is 13.2 Å². The first-order chi connectivity index (χ1) is 21.1. The Morgan fingerprint density at radius 1 is 0.750 bits per heavy atom. The summed E-state index contributed by atoms with van der Waals surface area (Å²) >= 11 is 0. The summed E-state index contributed by atoms with van der Waals surface area (Å²) in [6.45, 7) is 0.372. The van der Waals surface area contributed by atoms with Gasteiger partial charge >= 0.3 is 0 Å². The second kappa shape index (κ2) is 12.6. The van der Waals surface area contributed by atoms with Gasteiger partial charge in [-0.3, -0.25) is 19.5 Å². The van der Waals surface area contributed by atoms with Gasteiger partial charge in [-0.2, -0.15) is 10.2 Å². The van der Waals surface area contributed by atoms with Crippen LogP contribution in [0, 0.1) is 21.7 Å². The molecular formula is C32H30F2N6O4. The molecule has 0 unspecified atom stereocenters. The van der Waals surface area contributed by atoms with Crippen molar-refractivity contribution in [1.82, 2.24) is 19.6 Å². The van der Waals surface area contributed by atoms with E-state index >= 15 is 0 Å². The van der Waals surface area contributed by atoms with Crippen LogP contribution in [0.25, 0.3) is 44.3 Å². The zero-order valence-electron chi connectivity index (χ0n) is 24.5. The van der Waals surface area contributed by atoms with Crippen molar-refractivity contribution in [3.63, 3.8) is 0 Å². The molecular weight excluding hydrogens is 570 g/mol. The number of aromatic nitrogens is 4. The molecule has 10 nitrogen and oxygen atoms in total. The fourth-order valence-electron chi connectivity index (χ4n) is 5.05. The normalized spacial score (nSPS) is 11.1. The van der Waals surface area contributed by atoms with Crippen LogP contribution < -0.4 is 5.73 Å². The molecule has 0 aliphatic carbocycles. The van der Waals surface area contributed by atoms with Gasteiger partial charge in [0.05, 0.1) is 29.2 Å². The van der Waals surface area contributed by atoms with Crippen molar-refractivity contribution in [3.8, 4) is 22.5 Å². The highest BCUT2D eigenvalue weighted by Crippen LogP contribution is 2.32. The molecule has 0 fully saturated rings. The number of non-ortho nitro benzene ring substituents is 1. The summed E-state index contributed by atoms with van der Waals surface area (Å²) in [7, 11) is 6.67. The first-order valence-electron chi connectivity index (χ1n) is 13.5. The molecule has 0 radical (unpaired) electrons. The minimum absolute atomic E-state index is 0.00835. The summed E-state index contributed by atoms with van der Waals surface area (Å²) in [4.78, 5) is 10.5. The van der Waals surface area contributed by atoms with Crippen molar-refractivity contribution in [2.24, 2.45) is 14.1 Å². The molecule has 0 spiro atoms. The molecule has 0 aliphatic heterocycles. The van der Waals surface area contributed by atoms with Crippen molar-refractivity contribution >= 4 is 33.2 Å². The Labute approximate surface area is 251 Å². The van der Waals surface area contributed by atoms with Gasteiger partial charge in [0.2, 0.25) is 0 Å². The number of halogens is 2. The van der Waals surface area contributed by atoms with Crippen LogP contribution in [0.15, 0.2) is 72.8 Å². The molecule has 12 heteroatoms. The number of nitro groups is 1. The maximum absolute atomic E-state index is 13.8. The van der Waals surface area contributed by atoms with Crippen LogP contribution in [0.5, 0.6) is 0 Å². The molecule has 226 valence electrons. The molecule has 2 N–H and O–H groups in total. The minimum Gasteiger partial charge on any atom is -0.399 e. The fourth-order valence-corrected chi connectivity index (χ4v) is 5.05. The van der Waals surface area contributed by atoms with Crippen molar-refractivity contribution < 1.29 is 23.2 Å². The lowest BCUT2D eigenvalue weighted by atomic mass is 10.0. The molecule has 4 aromatic carbocycles. The predicted octanol–water partition coefficient (Wildman–Crippen LogP) is 6.54. The molecule has 0 amide bonds. The Bertz CT molecular complexity index is 2000. The third-order valence-corrected chi connectivity index (χ3v) is 7.16. The van der Waals surface area contributed by atoms with E-state index in [1.54, 1.807) is 53.9 Å². The molecule has 0 bridgehead atoms. The first kappa shape index (κ1) is 30.3. The predicted molar refractivity (Wildman–Crippen MR) is 165 cm³/mol. The van der Waals surface area contributed by atoms with Crippen LogP contribution in [0.1, 0.15) is 11.1 Å². The van der Waals surface area contributed by atoms with E-state index in [2.05, 4.69) is 10.2 Å². The molecule has 6 rings (SSSR count). The molecule has 2 aromatic heterocycles. The highest BCUT2D eigenvalue weighted by atomic mass is 19.1. The summed E-state index contributed by atoms with van der Waals surface area (Å²) in [5.41, 5.74) is 12.1. The first-order valence-corrected chi connectivity index (χ1v) is 13.5. The van der Waals surface area contributed by atoms with E-state index in [1.165, 1.54) is 31.4 Å². The Balaban J connectivity index is 0.000000175.